The van der Waals surface area contributed by atoms with Crippen LogP contribution >= 0.6 is 11.6 Å². The zero-order valence-corrected chi connectivity index (χ0v) is 16.8. The molecule has 0 spiro atoms. The van der Waals surface area contributed by atoms with Gasteiger partial charge in [0.25, 0.3) is 0 Å². The van der Waals surface area contributed by atoms with Crippen LogP contribution in [0.25, 0.3) is 11.5 Å². The summed E-state index contributed by atoms with van der Waals surface area (Å²) in [7, 11) is 0. The first kappa shape index (κ1) is 20.0. The van der Waals surface area contributed by atoms with Gasteiger partial charge < -0.3 is 9.73 Å². The van der Waals surface area contributed by atoms with E-state index in [0.29, 0.717) is 11.1 Å². The van der Waals surface area contributed by atoms with Crippen molar-refractivity contribution >= 4 is 17.3 Å². The Bertz CT molecular complexity index is 1180. The quantitative estimate of drug-likeness (QED) is 0.386. The Morgan fingerprint density at radius 2 is 1.77 bits per heavy atom. The van der Waals surface area contributed by atoms with Crippen LogP contribution in [0.1, 0.15) is 30.0 Å². The van der Waals surface area contributed by atoms with E-state index in [1.165, 1.54) is 24.3 Å². The second-order valence-corrected chi connectivity index (χ2v) is 7.12. The molecule has 0 radical (unpaired) electrons. The third kappa shape index (κ3) is 4.19. The summed E-state index contributed by atoms with van der Waals surface area (Å²) in [6.07, 6.45) is 0.811. The first-order valence-corrected chi connectivity index (χ1v) is 9.81. The van der Waals surface area contributed by atoms with E-state index in [1.54, 1.807) is 18.2 Å². The van der Waals surface area contributed by atoms with E-state index in [-0.39, 0.29) is 16.8 Å². The number of aromatic nitrogens is 2. The average molecular weight is 426 g/mol. The number of hydrogen-bond donors (Lipinski definition) is 1. The van der Waals surface area contributed by atoms with Crippen molar-refractivity contribution in [3.63, 3.8) is 0 Å². The van der Waals surface area contributed by atoms with Crippen LogP contribution in [-0.4, -0.2) is 10.2 Å². The Labute approximate surface area is 177 Å². The summed E-state index contributed by atoms with van der Waals surface area (Å²) in [5, 5.41) is 11.8. The molecule has 0 aliphatic carbocycles. The molecule has 0 saturated heterocycles. The van der Waals surface area contributed by atoms with Crippen LogP contribution < -0.4 is 5.32 Å². The lowest BCUT2D eigenvalue weighted by atomic mass is 10.0. The molecule has 3 aromatic carbocycles. The number of rotatable bonds is 6. The van der Waals surface area contributed by atoms with E-state index in [4.69, 9.17) is 16.0 Å². The van der Waals surface area contributed by atoms with Crippen LogP contribution in [0.3, 0.4) is 0 Å². The largest absolute Gasteiger partial charge is 0.418 e. The summed E-state index contributed by atoms with van der Waals surface area (Å²) in [6.45, 7) is 2.05. The van der Waals surface area contributed by atoms with Gasteiger partial charge in [-0.15, -0.1) is 10.2 Å². The monoisotopic (exact) mass is 425 g/mol. The molecule has 0 unspecified atom stereocenters. The standard InChI is InChI=1S/C23H18ClF2N3O/c1-2-14-6-3-4-9-20(14)27-21(18-11-10-17(26)13-19(18)24)23-29-28-22(30-23)15-7-5-8-16(25)12-15/h3-13,21,27H,2H2,1H3/t21-/m1/s1. The van der Waals surface area contributed by atoms with Gasteiger partial charge in [-0.05, 0) is 48.4 Å². The third-order valence-corrected chi connectivity index (χ3v) is 5.06. The highest BCUT2D eigenvalue weighted by atomic mass is 35.5. The number of nitrogens with zero attached hydrogens (tertiary/aromatic N) is 2. The molecule has 1 heterocycles. The Kier molecular flexibility index (Phi) is 5.77. The molecular formula is C23H18ClF2N3O. The van der Waals surface area contributed by atoms with Crippen molar-refractivity contribution in [2.45, 2.75) is 19.4 Å². The molecule has 4 aromatic rings. The molecule has 1 atom stereocenters. The van der Waals surface area contributed by atoms with Crippen molar-refractivity contribution in [1.29, 1.82) is 0 Å². The van der Waals surface area contributed by atoms with E-state index < -0.39 is 17.7 Å². The van der Waals surface area contributed by atoms with Crippen LogP contribution in [0.5, 0.6) is 0 Å². The topological polar surface area (TPSA) is 51.0 Å². The first-order valence-electron chi connectivity index (χ1n) is 9.44. The lowest BCUT2D eigenvalue weighted by Crippen LogP contribution is -2.14. The highest BCUT2D eigenvalue weighted by Crippen LogP contribution is 2.34. The molecular weight excluding hydrogens is 408 g/mol. The number of hydrogen-bond acceptors (Lipinski definition) is 4. The van der Waals surface area contributed by atoms with Crippen molar-refractivity contribution in [3.05, 3.63) is 100 Å². The summed E-state index contributed by atoms with van der Waals surface area (Å²) < 4.78 is 33.1. The Morgan fingerprint density at radius 3 is 2.53 bits per heavy atom. The fraction of sp³-hybridized carbons (Fsp3) is 0.130. The predicted molar refractivity (Wildman–Crippen MR) is 112 cm³/mol. The maximum Gasteiger partial charge on any atom is 0.247 e. The number of aryl methyl sites for hydroxylation is 1. The highest BCUT2D eigenvalue weighted by molar-refractivity contribution is 6.31. The summed E-state index contributed by atoms with van der Waals surface area (Å²) in [6, 6.07) is 17.2. The Morgan fingerprint density at radius 1 is 0.967 bits per heavy atom. The third-order valence-electron chi connectivity index (χ3n) is 4.73. The number of halogens is 3. The van der Waals surface area contributed by atoms with Crippen LogP contribution in [0.4, 0.5) is 14.5 Å². The van der Waals surface area contributed by atoms with Crippen LogP contribution in [-0.2, 0) is 6.42 Å². The van der Waals surface area contributed by atoms with Gasteiger partial charge >= 0.3 is 0 Å². The number of para-hydroxylation sites is 1. The van der Waals surface area contributed by atoms with Gasteiger partial charge in [-0.1, -0.05) is 48.9 Å². The molecule has 4 rings (SSSR count). The molecule has 152 valence electrons. The SMILES string of the molecule is CCc1ccccc1N[C@@H](c1nnc(-c2cccc(F)c2)o1)c1ccc(F)cc1Cl. The van der Waals surface area contributed by atoms with Gasteiger partial charge in [0.05, 0.1) is 0 Å². The normalized spacial score (nSPS) is 12.0. The van der Waals surface area contributed by atoms with Gasteiger partial charge in [-0.25, -0.2) is 8.78 Å². The van der Waals surface area contributed by atoms with E-state index in [2.05, 4.69) is 22.4 Å². The molecule has 0 aliphatic heterocycles. The maximum absolute atomic E-state index is 13.6. The molecule has 0 amide bonds. The number of nitrogens with one attached hydrogen (secondary N) is 1. The van der Waals surface area contributed by atoms with Crippen LogP contribution in [0, 0.1) is 11.6 Å². The van der Waals surface area contributed by atoms with Crippen molar-refractivity contribution in [3.8, 4) is 11.5 Å². The number of anilines is 1. The van der Waals surface area contributed by atoms with Crippen molar-refractivity contribution in [1.82, 2.24) is 10.2 Å². The molecule has 1 aromatic heterocycles. The van der Waals surface area contributed by atoms with E-state index in [1.807, 2.05) is 24.3 Å². The Hall–Kier alpha value is -3.25. The summed E-state index contributed by atoms with van der Waals surface area (Å²) >= 11 is 6.34. The second-order valence-electron chi connectivity index (χ2n) is 6.71. The fourth-order valence-electron chi connectivity index (χ4n) is 3.22. The fourth-order valence-corrected chi connectivity index (χ4v) is 3.50. The highest BCUT2D eigenvalue weighted by Gasteiger charge is 2.25. The van der Waals surface area contributed by atoms with E-state index >= 15 is 0 Å². The first-order chi connectivity index (χ1) is 14.5. The van der Waals surface area contributed by atoms with Gasteiger partial charge in [-0.3, -0.25) is 0 Å². The molecule has 0 bridgehead atoms. The smallest absolute Gasteiger partial charge is 0.247 e. The molecule has 30 heavy (non-hydrogen) atoms. The zero-order chi connectivity index (χ0) is 21.1. The minimum absolute atomic E-state index is 0.179. The van der Waals surface area contributed by atoms with Gasteiger partial charge in [0.2, 0.25) is 11.8 Å². The average Bonchev–Trinajstić information content (AvgIpc) is 3.23. The summed E-state index contributed by atoms with van der Waals surface area (Å²) in [4.78, 5) is 0. The van der Waals surface area contributed by atoms with Gasteiger partial charge in [-0.2, -0.15) is 0 Å². The van der Waals surface area contributed by atoms with Crippen molar-refractivity contribution < 1.29 is 13.2 Å². The molecule has 0 fully saturated rings. The van der Waals surface area contributed by atoms with Crippen LogP contribution in [0.15, 0.2) is 71.1 Å². The minimum Gasteiger partial charge on any atom is -0.418 e. The molecule has 7 heteroatoms. The number of benzene rings is 3. The van der Waals surface area contributed by atoms with Crippen molar-refractivity contribution in [2.75, 3.05) is 5.32 Å². The van der Waals surface area contributed by atoms with E-state index in [9.17, 15) is 8.78 Å². The molecule has 1 N–H and O–H groups in total. The molecule has 0 aliphatic rings. The maximum atomic E-state index is 13.6. The lowest BCUT2D eigenvalue weighted by Gasteiger charge is -2.20. The van der Waals surface area contributed by atoms with Crippen molar-refractivity contribution in [2.24, 2.45) is 0 Å². The van der Waals surface area contributed by atoms with Gasteiger partial charge in [0.15, 0.2) is 0 Å². The summed E-state index contributed by atoms with van der Waals surface area (Å²) in [5.74, 6) is -0.435. The molecule has 4 nitrogen and oxygen atoms in total. The zero-order valence-electron chi connectivity index (χ0n) is 16.1. The van der Waals surface area contributed by atoms with E-state index in [0.717, 1.165) is 17.7 Å². The van der Waals surface area contributed by atoms with Crippen LogP contribution in [0.2, 0.25) is 5.02 Å². The summed E-state index contributed by atoms with van der Waals surface area (Å²) in [5.41, 5.74) is 3.01. The van der Waals surface area contributed by atoms with Gasteiger partial charge in [0.1, 0.15) is 17.7 Å². The Balaban J connectivity index is 1.77. The predicted octanol–water partition coefficient (Wildman–Crippen LogP) is 6.43. The second kappa shape index (κ2) is 8.63. The van der Waals surface area contributed by atoms with Gasteiger partial charge in [0, 0.05) is 21.8 Å². The lowest BCUT2D eigenvalue weighted by molar-refractivity contribution is 0.493. The molecule has 0 saturated carbocycles. The minimum atomic E-state index is -0.624.